The van der Waals surface area contributed by atoms with Crippen LogP contribution in [0.2, 0.25) is 5.02 Å². The lowest BCUT2D eigenvalue weighted by molar-refractivity contribution is 0.0664. The highest BCUT2D eigenvalue weighted by Gasteiger charge is 2.72. The highest BCUT2D eigenvalue weighted by Crippen LogP contribution is 2.62. The first-order chi connectivity index (χ1) is 20.8. The van der Waals surface area contributed by atoms with Gasteiger partial charge in [-0.05, 0) is 66.2 Å². The van der Waals surface area contributed by atoms with Gasteiger partial charge in [-0.15, -0.1) is 0 Å². The number of ketones is 3. The number of anilines is 1. The van der Waals surface area contributed by atoms with Crippen LogP contribution in [0.4, 0.5) is 10.1 Å². The lowest BCUT2D eigenvalue weighted by Crippen LogP contribution is -2.48. The van der Waals surface area contributed by atoms with Crippen molar-refractivity contribution in [3.63, 3.8) is 0 Å². The molecule has 0 aromatic heterocycles. The third-order valence-electron chi connectivity index (χ3n) is 8.94. The smallest absolute Gasteiger partial charge is 0.185 e. The van der Waals surface area contributed by atoms with E-state index in [0.29, 0.717) is 38.9 Å². The largest absolute Gasteiger partial charge is 0.497 e. The van der Waals surface area contributed by atoms with Crippen LogP contribution in [0.1, 0.15) is 48.1 Å². The van der Waals surface area contributed by atoms with Crippen molar-refractivity contribution in [2.24, 2.45) is 5.41 Å². The summed E-state index contributed by atoms with van der Waals surface area (Å²) in [5.41, 5.74) is 1.01. The van der Waals surface area contributed by atoms with Gasteiger partial charge in [-0.1, -0.05) is 48.0 Å². The number of hydrogen-bond donors (Lipinski definition) is 0. The zero-order valence-corrected chi connectivity index (χ0v) is 24.0. The Labute approximate surface area is 252 Å². The average molecular weight is 594 g/mol. The molecular weight excluding hydrogens is 569 g/mol. The number of rotatable bonds is 5. The second-order valence-electron chi connectivity index (χ2n) is 10.9. The SMILES string of the molecule is COc1ccc(OC)c([C@@H]2[C@@H](C(=O)c3ccc(F)cc3)N3c4ccc(Cl)cc4C=C[C@@H]3C23C(=O)c2ccccc2C3=O)c1. The summed E-state index contributed by atoms with van der Waals surface area (Å²) in [5.74, 6) is -1.73. The first kappa shape index (κ1) is 27.1. The van der Waals surface area contributed by atoms with Crippen LogP contribution in [-0.2, 0) is 0 Å². The van der Waals surface area contributed by atoms with Crippen LogP contribution in [0.15, 0.2) is 91.0 Å². The number of hydrogen-bond acceptors (Lipinski definition) is 6. The highest BCUT2D eigenvalue weighted by molar-refractivity contribution is 6.33. The van der Waals surface area contributed by atoms with Crippen LogP contribution >= 0.6 is 11.6 Å². The van der Waals surface area contributed by atoms with E-state index < -0.39 is 29.2 Å². The normalized spacial score (nSPS) is 21.0. The maximum Gasteiger partial charge on any atom is 0.185 e. The Morgan fingerprint density at radius 3 is 2.23 bits per heavy atom. The van der Waals surface area contributed by atoms with Gasteiger partial charge < -0.3 is 14.4 Å². The van der Waals surface area contributed by atoms with Crippen LogP contribution in [0.5, 0.6) is 11.5 Å². The van der Waals surface area contributed by atoms with Crippen LogP contribution in [-0.4, -0.2) is 43.7 Å². The summed E-state index contributed by atoms with van der Waals surface area (Å²) in [7, 11) is 3.02. The number of fused-ring (bicyclic) bond motifs is 5. The van der Waals surface area contributed by atoms with E-state index in [2.05, 4.69) is 0 Å². The van der Waals surface area contributed by atoms with Crippen LogP contribution in [0.25, 0.3) is 6.08 Å². The second kappa shape index (κ2) is 9.92. The van der Waals surface area contributed by atoms with Gasteiger partial charge in [0.15, 0.2) is 17.3 Å². The predicted octanol–water partition coefficient (Wildman–Crippen LogP) is 6.81. The van der Waals surface area contributed by atoms with E-state index >= 15 is 0 Å². The van der Waals surface area contributed by atoms with E-state index in [1.165, 1.54) is 38.5 Å². The molecule has 6 nitrogen and oxygen atoms in total. The molecule has 4 aromatic rings. The highest BCUT2D eigenvalue weighted by atomic mass is 35.5. The number of ether oxygens (including phenoxy) is 2. The minimum atomic E-state index is -1.72. The van der Waals surface area contributed by atoms with Gasteiger partial charge >= 0.3 is 0 Å². The van der Waals surface area contributed by atoms with Crippen LogP contribution in [0.3, 0.4) is 0 Å². The van der Waals surface area contributed by atoms with Crippen molar-refractivity contribution in [3.05, 3.63) is 130 Å². The Bertz CT molecular complexity index is 1830. The number of methoxy groups -OCH3 is 2. The number of carbonyl (C=O) groups excluding carboxylic acids is 3. The molecule has 8 heteroatoms. The van der Waals surface area contributed by atoms with Gasteiger partial charge in [-0.25, -0.2) is 4.39 Å². The molecule has 1 fully saturated rings. The van der Waals surface area contributed by atoms with E-state index in [-0.39, 0.29) is 22.9 Å². The lowest BCUT2D eigenvalue weighted by Gasteiger charge is -2.37. The zero-order chi connectivity index (χ0) is 30.0. The molecule has 3 aliphatic rings. The third-order valence-corrected chi connectivity index (χ3v) is 9.17. The van der Waals surface area contributed by atoms with Crippen molar-refractivity contribution in [1.82, 2.24) is 0 Å². The Morgan fingerprint density at radius 2 is 1.58 bits per heavy atom. The van der Waals surface area contributed by atoms with Gasteiger partial charge in [-0.2, -0.15) is 0 Å². The van der Waals surface area contributed by atoms with Crippen molar-refractivity contribution >= 4 is 40.7 Å². The summed E-state index contributed by atoms with van der Waals surface area (Å²) in [6.45, 7) is 0. The predicted molar refractivity (Wildman–Crippen MR) is 161 cm³/mol. The molecule has 0 bridgehead atoms. The topological polar surface area (TPSA) is 72.9 Å². The van der Waals surface area contributed by atoms with Gasteiger partial charge in [0.2, 0.25) is 0 Å². The number of halogens is 2. The Kier molecular flexibility index (Phi) is 6.25. The van der Waals surface area contributed by atoms with E-state index in [9.17, 15) is 18.8 Å². The van der Waals surface area contributed by atoms with Crippen molar-refractivity contribution in [2.45, 2.75) is 18.0 Å². The summed E-state index contributed by atoms with van der Waals surface area (Å²) in [4.78, 5) is 46.2. The number of nitrogens with zero attached hydrogens (tertiary/aromatic N) is 1. The Hall–Kier alpha value is -4.75. The fourth-order valence-electron chi connectivity index (χ4n) is 7.16. The molecule has 214 valence electrons. The quantitative estimate of drug-likeness (QED) is 0.187. The summed E-state index contributed by atoms with van der Waals surface area (Å²) in [6.07, 6.45) is 3.66. The molecule has 7 rings (SSSR count). The van der Waals surface area contributed by atoms with Crippen molar-refractivity contribution < 1.29 is 28.2 Å². The molecular formula is C35H25ClFNO5. The molecule has 1 spiro atoms. The van der Waals surface area contributed by atoms with E-state index in [4.69, 9.17) is 21.1 Å². The van der Waals surface area contributed by atoms with Gasteiger partial charge in [0.25, 0.3) is 0 Å². The molecule has 1 aliphatic carbocycles. The van der Waals surface area contributed by atoms with Crippen molar-refractivity contribution in [2.75, 3.05) is 19.1 Å². The third kappa shape index (κ3) is 3.74. The maximum absolute atomic E-state index is 14.8. The van der Waals surface area contributed by atoms with E-state index in [1.807, 2.05) is 17.1 Å². The summed E-state index contributed by atoms with van der Waals surface area (Å²) in [6, 6.07) is 20.6. The van der Waals surface area contributed by atoms with E-state index in [0.717, 1.165) is 5.56 Å². The molecule has 0 radical (unpaired) electrons. The van der Waals surface area contributed by atoms with E-state index in [1.54, 1.807) is 60.7 Å². The van der Waals surface area contributed by atoms with Crippen LogP contribution in [0, 0.1) is 11.2 Å². The summed E-state index contributed by atoms with van der Waals surface area (Å²) >= 11 is 6.36. The van der Waals surface area contributed by atoms with Crippen LogP contribution < -0.4 is 14.4 Å². The number of benzene rings is 4. The van der Waals surface area contributed by atoms with Gasteiger partial charge in [0.05, 0.1) is 20.3 Å². The fraction of sp³-hybridized carbons (Fsp3) is 0.171. The lowest BCUT2D eigenvalue weighted by atomic mass is 9.64. The summed E-state index contributed by atoms with van der Waals surface area (Å²) < 4.78 is 25.4. The summed E-state index contributed by atoms with van der Waals surface area (Å²) in [5, 5.41) is 0.503. The van der Waals surface area contributed by atoms with Gasteiger partial charge in [0, 0.05) is 38.9 Å². The Morgan fingerprint density at radius 1 is 0.884 bits per heavy atom. The van der Waals surface area contributed by atoms with Gasteiger partial charge in [-0.3, -0.25) is 14.4 Å². The molecule has 0 saturated carbocycles. The first-order valence-electron chi connectivity index (χ1n) is 13.8. The molecule has 43 heavy (non-hydrogen) atoms. The number of Topliss-reactive ketones (excluding diaryl/α,β-unsaturated/α-hetero) is 3. The molecule has 0 N–H and O–H groups in total. The van der Waals surface area contributed by atoms with Gasteiger partial charge in [0.1, 0.15) is 28.8 Å². The Balaban J connectivity index is 1.58. The minimum Gasteiger partial charge on any atom is -0.497 e. The zero-order valence-electron chi connectivity index (χ0n) is 23.2. The average Bonchev–Trinajstić information content (AvgIpc) is 3.46. The standard InChI is InChI=1S/C35H25ClFNO5/c1-42-23-13-15-28(43-2)26(18-23)30-31(32(39)19-7-11-22(37)12-8-19)38-27-14-10-21(36)17-20(27)9-16-29(38)35(30)33(40)24-5-3-4-6-25(24)34(35)41/h3-18,29-31H,1-2H3/t29-,30-,31+/m1/s1. The minimum absolute atomic E-state index is 0.245. The molecule has 0 amide bonds. The second-order valence-corrected chi connectivity index (χ2v) is 11.3. The molecule has 2 aliphatic heterocycles. The monoisotopic (exact) mass is 593 g/mol. The molecule has 1 saturated heterocycles. The number of carbonyl (C=O) groups is 3. The van der Waals surface area contributed by atoms with Crippen molar-refractivity contribution in [3.8, 4) is 11.5 Å². The molecule has 2 heterocycles. The molecule has 0 unspecified atom stereocenters. The maximum atomic E-state index is 14.8. The fourth-order valence-corrected chi connectivity index (χ4v) is 7.34. The molecule has 3 atom stereocenters. The molecule has 4 aromatic carbocycles. The first-order valence-corrected chi connectivity index (χ1v) is 14.2. The van der Waals surface area contributed by atoms with Crippen molar-refractivity contribution in [1.29, 1.82) is 0 Å².